The van der Waals surface area contributed by atoms with Crippen LogP contribution in [0.25, 0.3) is 0 Å². The monoisotopic (exact) mass is 190 g/mol. The molecule has 0 fully saturated rings. The van der Waals surface area contributed by atoms with Gasteiger partial charge in [0.1, 0.15) is 6.61 Å². The number of rotatable bonds is 8. The van der Waals surface area contributed by atoms with Crippen LogP contribution in [0.3, 0.4) is 0 Å². The number of hydrogen-bond donors (Lipinski definition) is 2. The molecule has 0 saturated carbocycles. The fraction of sp³-hybridized carbons (Fsp3) is 0.875. The number of carbonyl (C=O) groups excluding carboxylic acids is 1. The SMILES string of the molecule is COCC(=O)NCCCOCCN. The molecular weight excluding hydrogens is 172 g/mol. The summed E-state index contributed by atoms with van der Waals surface area (Å²) in [4.78, 5) is 10.8. The van der Waals surface area contributed by atoms with E-state index in [0.717, 1.165) is 6.42 Å². The Morgan fingerprint density at radius 2 is 2.23 bits per heavy atom. The van der Waals surface area contributed by atoms with Crippen molar-refractivity contribution in [1.82, 2.24) is 5.32 Å². The van der Waals surface area contributed by atoms with Crippen molar-refractivity contribution < 1.29 is 14.3 Å². The van der Waals surface area contributed by atoms with E-state index in [1.165, 1.54) is 7.11 Å². The van der Waals surface area contributed by atoms with Gasteiger partial charge in [0.05, 0.1) is 6.61 Å². The number of ether oxygens (including phenoxy) is 2. The van der Waals surface area contributed by atoms with Crippen LogP contribution < -0.4 is 11.1 Å². The zero-order valence-electron chi connectivity index (χ0n) is 8.04. The van der Waals surface area contributed by atoms with Crippen LogP contribution in [0, 0.1) is 0 Å². The van der Waals surface area contributed by atoms with Crippen LogP contribution in [0.15, 0.2) is 0 Å². The minimum atomic E-state index is -0.0960. The van der Waals surface area contributed by atoms with Crippen LogP contribution in [0.4, 0.5) is 0 Å². The molecule has 0 rings (SSSR count). The smallest absolute Gasteiger partial charge is 0.245 e. The molecule has 0 atom stereocenters. The Labute approximate surface area is 78.6 Å². The molecule has 0 aliphatic carbocycles. The molecule has 0 heterocycles. The zero-order chi connectivity index (χ0) is 9.94. The van der Waals surface area contributed by atoms with Crippen molar-refractivity contribution in [3.8, 4) is 0 Å². The molecular formula is C8H18N2O3. The molecule has 0 radical (unpaired) electrons. The third-order valence-electron chi connectivity index (χ3n) is 1.33. The van der Waals surface area contributed by atoms with Gasteiger partial charge in [-0.05, 0) is 6.42 Å². The first-order valence-corrected chi connectivity index (χ1v) is 4.34. The van der Waals surface area contributed by atoms with Gasteiger partial charge in [-0.2, -0.15) is 0 Å². The summed E-state index contributed by atoms with van der Waals surface area (Å²) >= 11 is 0. The predicted molar refractivity (Wildman–Crippen MR) is 49.4 cm³/mol. The third kappa shape index (κ3) is 9.26. The van der Waals surface area contributed by atoms with Crippen LogP contribution in [0.2, 0.25) is 0 Å². The summed E-state index contributed by atoms with van der Waals surface area (Å²) in [6.45, 7) is 2.48. The Morgan fingerprint density at radius 1 is 1.46 bits per heavy atom. The van der Waals surface area contributed by atoms with Crippen molar-refractivity contribution >= 4 is 5.91 Å². The first kappa shape index (κ1) is 12.3. The highest BCUT2D eigenvalue weighted by atomic mass is 16.5. The number of carbonyl (C=O) groups is 1. The summed E-state index contributed by atoms with van der Waals surface area (Å²) in [6, 6.07) is 0. The average Bonchev–Trinajstić information content (AvgIpc) is 2.11. The number of methoxy groups -OCH3 is 1. The Kier molecular flexibility index (Phi) is 8.97. The van der Waals surface area contributed by atoms with E-state index in [4.69, 9.17) is 10.5 Å². The van der Waals surface area contributed by atoms with Crippen molar-refractivity contribution in [2.75, 3.05) is 40.0 Å². The number of nitrogens with two attached hydrogens (primary N) is 1. The lowest BCUT2D eigenvalue weighted by Crippen LogP contribution is -2.28. The minimum Gasteiger partial charge on any atom is -0.380 e. The molecule has 78 valence electrons. The lowest BCUT2D eigenvalue weighted by atomic mass is 10.4. The van der Waals surface area contributed by atoms with E-state index in [0.29, 0.717) is 26.3 Å². The van der Waals surface area contributed by atoms with Crippen molar-refractivity contribution in [1.29, 1.82) is 0 Å². The van der Waals surface area contributed by atoms with Crippen LogP contribution >= 0.6 is 0 Å². The number of amides is 1. The van der Waals surface area contributed by atoms with Gasteiger partial charge < -0.3 is 20.5 Å². The molecule has 0 aliphatic heterocycles. The van der Waals surface area contributed by atoms with Gasteiger partial charge in [0.15, 0.2) is 0 Å². The predicted octanol–water partition coefficient (Wildman–Crippen LogP) is -0.886. The highest BCUT2D eigenvalue weighted by Crippen LogP contribution is 1.80. The van der Waals surface area contributed by atoms with E-state index in [1.807, 2.05) is 0 Å². The molecule has 0 spiro atoms. The number of hydrogen-bond acceptors (Lipinski definition) is 4. The molecule has 0 saturated heterocycles. The molecule has 0 aromatic carbocycles. The molecule has 0 aromatic rings. The molecule has 1 amide bonds. The van der Waals surface area contributed by atoms with E-state index in [2.05, 4.69) is 10.1 Å². The molecule has 0 aromatic heterocycles. The fourth-order valence-electron chi connectivity index (χ4n) is 0.770. The Balaban J connectivity index is 3.02. The summed E-state index contributed by atoms with van der Waals surface area (Å²) in [6.07, 6.45) is 0.801. The third-order valence-corrected chi connectivity index (χ3v) is 1.33. The molecule has 0 aliphatic rings. The molecule has 0 bridgehead atoms. The van der Waals surface area contributed by atoms with E-state index in [1.54, 1.807) is 0 Å². The Bertz CT molecular complexity index is 131. The van der Waals surface area contributed by atoms with Crippen LogP contribution in [0.5, 0.6) is 0 Å². The second-order valence-electron chi connectivity index (χ2n) is 2.54. The van der Waals surface area contributed by atoms with Gasteiger partial charge >= 0.3 is 0 Å². The molecule has 5 heteroatoms. The highest BCUT2D eigenvalue weighted by molar-refractivity contribution is 5.77. The standard InChI is InChI=1S/C8H18N2O3/c1-12-7-8(11)10-4-2-5-13-6-3-9/h2-7,9H2,1H3,(H,10,11). The second-order valence-corrected chi connectivity index (χ2v) is 2.54. The second kappa shape index (κ2) is 9.44. The summed E-state index contributed by atoms with van der Waals surface area (Å²) in [7, 11) is 1.49. The maximum absolute atomic E-state index is 10.8. The maximum atomic E-state index is 10.8. The van der Waals surface area contributed by atoms with Gasteiger partial charge in [-0.3, -0.25) is 4.79 Å². The lowest BCUT2D eigenvalue weighted by Gasteiger charge is -2.04. The minimum absolute atomic E-state index is 0.0960. The van der Waals surface area contributed by atoms with E-state index in [-0.39, 0.29) is 12.5 Å². The summed E-state index contributed by atoms with van der Waals surface area (Å²) in [5.74, 6) is -0.0960. The van der Waals surface area contributed by atoms with Crippen molar-refractivity contribution in [2.45, 2.75) is 6.42 Å². The Hall–Kier alpha value is -0.650. The highest BCUT2D eigenvalue weighted by Gasteiger charge is 1.97. The van der Waals surface area contributed by atoms with Crippen molar-refractivity contribution in [3.63, 3.8) is 0 Å². The van der Waals surface area contributed by atoms with Crippen LogP contribution in [-0.2, 0) is 14.3 Å². The quantitative estimate of drug-likeness (QED) is 0.487. The molecule has 5 nitrogen and oxygen atoms in total. The van der Waals surface area contributed by atoms with Crippen LogP contribution in [0.1, 0.15) is 6.42 Å². The molecule has 0 unspecified atom stereocenters. The van der Waals surface area contributed by atoms with Gasteiger partial charge in [-0.25, -0.2) is 0 Å². The van der Waals surface area contributed by atoms with Gasteiger partial charge in [-0.1, -0.05) is 0 Å². The van der Waals surface area contributed by atoms with E-state index < -0.39 is 0 Å². The summed E-state index contributed by atoms with van der Waals surface area (Å²) in [5, 5.41) is 2.69. The fourth-order valence-corrected chi connectivity index (χ4v) is 0.770. The summed E-state index contributed by atoms with van der Waals surface area (Å²) < 4.78 is 9.76. The van der Waals surface area contributed by atoms with Gasteiger partial charge in [-0.15, -0.1) is 0 Å². The lowest BCUT2D eigenvalue weighted by molar-refractivity contribution is -0.124. The zero-order valence-corrected chi connectivity index (χ0v) is 8.04. The van der Waals surface area contributed by atoms with Crippen LogP contribution in [-0.4, -0.2) is 45.9 Å². The molecule has 13 heavy (non-hydrogen) atoms. The van der Waals surface area contributed by atoms with Gasteiger partial charge in [0, 0.05) is 26.8 Å². The first-order chi connectivity index (χ1) is 6.31. The maximum Gasteiger partial charge on any atom is 0.245 e. The van der Waals surface area contributed by atoms with Crippen molar-refractivity contribution in [3.05, 3.63) is 0 Å². The largest absolute Gasteiger partial charge is 0.380 e. The van der Waals surface area contributed by atoms with Gasteiger partial charge in [0.25, 0.3) is 0 Å². The average molecular weight is 190 g/mol. The van der Waals surface area contributed by atoms with Gasteiger partial charge in [0.2, 0.25) is 5.91 Å². The topological polar surface area (TPSA) is 73.6 Å². The first-order valence-electron chi connectivity index (χ1n) is 4.34. The normalized spacial score (nSPS) is 10.0. The van der Waals surface area contributed by atoms with E-state index >= 15 is 0 Å². The molecule has 3 N–H and O–H groups in total. The van der Waals surface area contributed by atoms with E-state index in [9.17, 15) is 4.79 Å². The Morgan fingerprint density at radius 3 is 2.85 bits per heavy atom. The van der Waals surface area contributed by atoms with Crippen molar-refractivity contribution in [2.24, 2.45) is 5.73 Å². The number of nitrogens with one attached hydrogen (secondary N) is 1. The summed E-state index contributed by atoms with van der Waals surface area (Å²) in [5.41, 5.74) is 5.22.